The Kier molecular flexibility index (Phi) is 3.02. The minimum absolute atomic E-state index is 0.0733. The first-order chi connectivity index (χ1) is 9.74. The minimum atomic E-state index is 0.0733. The Bertz CT molecular complexity index is 761. The number of nitrogens with one attached hydrogen (secondary N) is 1. The van der Waals surface area contributed by atoms with Crippen LogP contribution in [0.25, 0.3) is 10.9 Å². The smallest absolute Gasteiger partial charge is 0.226 e. The number of anilines is 2. The number of pyridine rings is 1. The quantitative estimate of drug-likeness (QED) is 0.489. The zero-order chi connectivity index (χ0) is 13.9. The van der Waals surface area contributed by atoms with Crippen molar-refractivity contribution in [2.75, 3.05) is 11.2 Å². The predicted octanol–water partition coefficient (Wildman–Crippen LogP) is 1.68. The third-order valence-electron chi connectivity index (χ3n) is 2.66. The Morgan fingerprint density at radius 2 is 1.95 bits per heavy atom. The standard InChI is InChI=1S/C13H12N6O/c14-13-17-11(19-15)6-12(18-13)20-9-5-8-3-1-2-4-10(8)16-7-9/h1-7H,15H2,(H3,14,17,18,19). The van der Waals surface area contributed by atoms with Crippen LogP contribution in [0.4, 0.5) is 11.8 Å². The lowest BCUT2D eigenvalue weighted by molar-refractivity contribution is 0.462. The van der Waals surface area contributed by atoms with Gasteiger partial charge in [0.15, 0.2) is 0 Å². The molecule has 0 spiro atoms. The highest BCUT2D eigenvalue weighted by Gasteiger charge is 2.05. The van der Waals surface area contributed by atoms with Crippen molar-refractivity contribution in [3.8, 4) is 11.6 Å². The molecule has 0 atom stereocenters. The van der Waals surface area contributed by atoms with E-state index in [1.165, 1.54) is 0 Å². The van der Waals surface area contributed by atoms with E-state index in [0.29, 0.717) is 17.4 Å². The summed E-state index contributed by atoms with van der Waals surface area (Å²) in [5, 5.41) is 0.976. The van der Waals surface area contributed by atoms with E-state index in [1.54, 1.807) is 12.3 Å². The molecule has 1 aromatic carbocycles. The first kappa shape index (κ1) is 12.1. The zero-order valence-corrected chi connectivity index (χ0v) is 10.4. The number of nitrogens with two attached hydrogens (primary N) is 2. The molecule has 3 rings (SSSR count). The van der Waals surface area contributed by atoms with Crippen LogP contribution in [0, 0.1) is 0 Å². The van der Waals surface area contributed by atoms with Gasteiger partial charge in [0.25, 0.3) is 0 Å². The van der Waals surface area contributed by atoms with E-state index >= 15 is 0 Å². The number of para-hydroxylation sites is 1. The number of nitrogen functional groups attached to an aromatic ring is 2. The van der Waals surface area contributed by atoms with Gasteiger partial charge in [0.1, 0.15) is 11.6 Å². The number of rotatable bonds is 3. The number of ether oxygens (including phenoxy) is 1. The van der Waals surface area contributed by atoms with Crippen LogP contribution in [0.1, 0.15) is 0 Å². The van der Waals surface area contributed by atoms with Gasteiger partial charge >= 0.3 is 0 Å². The van der Waals surface area contributed by atoms with Crippen molar-refractivity contribution < 1.29 is 4.74 Å². The van der Waals surface area contributed by atoms with Crippen molar-refractivity contribution in [3.63, 3.8) is 0 Å². The Balaban J connectivity index is 1.94. The topological polar surface area (TPSA) is 112 Å². The van der Waals surface area contributed by atoms with E-state index in [2.05, 4.69) is 20.4 Å². The highest BCUT2D eigenvalue weighted by Crippen LogP contribution is 2.24. The second-order valence-corrected chi connectivity index (χ2v) is 4.06. The van der Waals surface area contributed by atoms with Gasteiger partial charge in [-0.15, -0.1) is 0 Å². The third-order valence-corrected chi connectivity index (χ3v) is 2.66. The van der Waals surface area contributed by atoms with Crippen LogP contribution in [0.2, 0.25) is 0 Å². The summed E-state index contributed by atoms with van der Waals surface area (Å²) in [4.78, 5) is 12.2. The average Bonchev–Trinajstić information content (AvgIpc) is 2.46. The molecular formula is C13H12N6O. The first-order valence-corrected chi connectivity index (χ1v) is 5.88. The van der Waals surface area contributed by atoms with Gasteiger partial charge in [-0.1, -0.05) is 18.2 Å². The first-order valence-electron chi connectivity index (χ1n) is 5.88. The van der Waals surface area contributed by atoms with E-state index in [0.717, 1.165) is 10.9 Å². The summed E-state index contributed by atoms with van der Waals surface area (Å²) in [6, 6.07) is 11.2. The van der Waals surface area contributed by atoms with Crippen molar-refractivity contribution >= 4 is 22.7 Å². The van der Waals surface area contributed by atoms with Crippen molar-refractivity contribution in [2.45, 2.75) is 0 Å². The highest BCUT2D eigenvalue weighted by atomic mass is 16.5. The van der Waals surface area contributed by atoms with Crippen molar-refractivity contribution in [1.29, 1.82) is 0 Å². The summed E-state index contributed by atoms with van der Waals surface area (Å²) in [7, 11) is 0. The van der Waals surface area contributed by atoms with Crippen LogP contribution in [0.5, 0.6) is 11.6 Å². The average molecular weight is 268 g/mol. The molecule has 0 saturated carbocycles. The molecular weight excluding hydrogens is 256 g/mol. The van der Waals surface area contributed by atoms with E-state index in [-0.39, 0.29) is 5.95 Å². The summed E-state index contributed by atoms with van der Waals surface area (Å²) in [5.41, 5.74) is 8.86. The van der Waals surface area contributed by atoms with E-state index in [9.17, 15) is 0 Å². The fourth-order valence-corrected chi connectivity index (χ4v) is 1.80. The van der Waals surface area contributed by atoms with Crippen LogP contribution in [-0.4, -0.2) is 15.0 Å². The fourth-order valence-electron chi connectivity index (χ4n) is 1.80. The monoisotopic (exact) mass is 268 g/mol. The van der Waals surface area contributed by atoms with E-state index < -0.39 is 0 Å². The molecule has 5 N–H and O–H groups in total. The lowest BCUT2D eigenvalue weighted by atomic mass is 10.2. The lowest BCUT2D eigenvalue weighted by Crippen LogP contribution is -2.10. The maximum absolute atomic E-state index is 5.62. The van der Waals surface area contributed by atoms with Crippen molar-refractivity contribution in [2.24, 2.45) is 5.84 Å². The minimum Gasteiger partial charge on any atom is -0.437 e. The number of nitrogens with zero attached hydrogens (tertiary/aromatic N) is 3. The summed E-state index contributed by atoms with van der Waals surface area (Å²) in [5.74, 6) is 6.60. The van der Waals surface area contributed by atoms with E-state index in [4.69, 9.17) is 16.3 Å². The van der Waals surface area contributed by atoms with Crippen LogP contribution >= 0.6 is 0 Å². The molecule has 7 nitrogen and oxygen atoms in total. The molecule has 0 unspecified atom stereocenters. The summed E-state index contributed by atoms with van der Waals surface area (Å²) in [6.07, 6.45) is 1.62. The molecule has 7 heteroatoms. The normalized spacial score (nSPS) is 10.4. The van der Waals surface area contributed by atoms with Gasteiger partial charge in [-0.25, -0.2) is 5.84 Å². The SMILES string of the molecule is NNc1cc(Oc2cnc3ccccc3c2)nc(N)n1. The van der Waals surface area contributed by atoms with Gasteiger partial charge < -0.3 is 15.9 Å². The molecule has 0 fully saturated rings. The van der Waals surface area contributed by atoms with Crippen LogP contribution in [0.3, 0.4) is 0 Å². The van der Waals surface area contributed by atoms with E-state index in [1.807, 2.05) is 30.3 Å². The van der Waals surface area contributed by atoms with Gasteiger partial charge in [0, 0.05) is 11.5 Å². The Labute approximate surface area is 114 Å². The number of benzene rings is 1. The molecule has 100 valence electrons. The number of hydrazine groups is 1. The number of aromatic nitrogens is 3. The summed E-state index contributed by atoms with van der Waals surface area (Å²) in [6.45, 7) is 0. The second kappa shape index (κ2) is 4.98. The van der Waals surface area contributed by atoms with Crippen LogP contribution < -0.4 is 21.7 Å². The number of hydrogen-bond donors (Lipinski definition) is 3. The fraction of sp³-hybridized carbons (Fsp3) is 0. The number of fused-ring (bicyclic) bond motifs is 1. The summed E-state index contributed by atoms with van der Waals surface area (Å²) >= 11 is 0. The second-order valence-electron chi connectivity index (χ2n) is 4.06. The highest BCUT2D eigenvalue weighted by molar-refractivity contribution is 5.79. The molecule has 2 heterocycles. The van der Waals surface area contributed by atoms with Gasteiger partial charge in [0.2, 0.25) is 11.8 Å². The van der Waals surface area contributed by atoms with Crippen molar-refractivity contribution in [1.82, 2.24) is 15.0 Å². The largest absolute Gasteiger partial charge is 0.437 e. The van der Waals surface area contributed by atoms with Gasteiger partial charge in [-0.3, -0.25) is 4.98 Å². The molecule has 0 bridgehead atoms. The molecule has 20 heavy (non-hydrogen) atoms. The number of hydrogen-bond acceptors (Lipinski definition) is 7. The Hall–Kier alpha value is -2.93. The Morgan fingerprint density at radius 3 is 2.80 bits per heavy atom. The van der Waals surface area contributed by atoms with Gasteiger partial charge in [-0.05, 0) is 12.1 Å². The summed E-state index contributed by atoms with van der Waals surface area (Å²) < 4.78 is 5.62. The van der Waals surface area contributed by atoms with Gasteiger partial charge in [-0.2, -0.15) is 9.97 Å². The predicted molar refractivity (Wildman–Crippen MR) is 76.1 cm³/mol. The van der Waals surface area contributed by atoms with Gasteiger partial charge in [0.05, 0.1) is 11.7 Å². The zero-order valence-electron chi connectivity index (χ0n) is 10.4. The molecule has 0 aliphatic heterocycles. The molecule has 0 radical (unpaired) electrons. The Morgan fingerprint density at radius 1 is 1.10 bits per heavy atom. The molecule has 0 saturated heterocycles. The third kappa shape index (κ3) is 2.43. The molecule has 3 aromatic rings. The molecule has 0 aliphatic rings. The lowest BCUT2D eigenvalue weighted by Gasteiger charge is -2.07. The molecule has 0 aliphatic carbocycles. The van der Waals surface area contributed by atoms with Crippen LogP contribution in [0.15, 0.2) is 42.6 Å². The molecule has 2 aromatic heterocycles. The maximum atomic E-state index is 5.62. The molecule has 0 amide bonds. The van der Waals surface area contributed by atoms with Crippen LogP contribution in [-0.2, 0) is 0 Å². The maximum Gasteiger partial charge on any atom is 0.226 e. The van der Waals surface area contributed by atoms with Crippen molar-refractivity contribution in [3.05, 3.63) is 42.6 Å².